The number of carboxylic acid groups (broad SMARTS) is 2. The molecule has 0 fully saturated rings. The lowest BCUT2D eigenvalue weighted by Crippen LogP contribution is -2.62. The Morgan fingerprint density at radius 1 is 0.348 bits per heavy atom. The molecular formula is C90H152N24O21. The first-order valence-electron chi connectivity index (χ1n) is 46.2. The number of nitrogens with two attached hydrogens (primary N) is 5. The van der Waals surface area contributed by atoms with Crippen LogP contribution in [0.15, 0.2) is 54.6 Å². The van der Waals surface area contributed by atoms with Crippen molar-refractivity contribution < 1.29 is 102 Å². The van der Waals surface area contributed by atoms with Crippen molar-refractivity contribution in [1.82, 2.24) is 90.4 Å². The summed E-state index contributed by atoms with van der Waals surface area (Å²) in [5.41, 5.74) is 29.6. The van der Waals surface area contributed by atoms with Crippen LogP contribution in [0.4, 0.5) is 0 Å². The molecule has 0 aromatic heterocycles. The van der Waals surface area contributed by atoms with Gasteiger partial charge in [-0.15, -0.1) is 0 Å². The molecule has 0 saturated carbocycles. The maximum Gasteiger partial charge on any atom is 0.326 e. The third kappa shape index (κ3) is 44.1. The van der Waals surface area contributed by atoms with Gasteiger partial charge in [0.05, 0.1) is 12.6 Å². The van der Waals surface area contributed by atoms with Gasteiger partial charge in [0.2, 0.25) is 88.6 Å². The highest BCUT2D eigenvalue weighted by molar-refractivity contribution is 6.01. The van der Waals surface area contributed by atoms with Crippen molar-refractivity contribution in [2.75, 3.05) is 32.8 Å². The molecule has 15 amide bonds. The van der Waals surface area contributed by atoms with Gasteiger partial charge >= 0.3 is 11.9 Å². The van der Waals surface area contributed by atoms with Crippen LogP contribution >= 0.6 is 0 Å². The quantitative estimate of drug-likeness (QED) is 0.0177. The Morgan fingerprint density at radius 3 is 1.05 bits per heavy atom. The van der Waals surface area contributed by atoms with Gasteiger partial charge in [0.1, 0.15) is 96.4 Å². The van der Waals surface area contributed by atoms with E-state index < -0.39 is 252 Å². The molecule has 45 nitrogen and oxygen atoms in total. The van der Waals surface area contributed by atoms with Crippen LogP contribution in [-0.4, -0.2) is 262 Å². The van der Waals surface area contributed by atoms with Gasteiger partial charge in [-0.25, -0.2) is 4.79 Å². The van der Waals surface area contributed by atoms with Crippen molar-refractivity contribution in [3.8, 4) is 5.75 Å². The predicted molar refractivity (Wildman–Crippen MR) is 503 cm³/mol. The molecule has 2 aromatic carbocycles. The molecule has 2 rings (SSSR count). The number of amides is 15. The van der Waals surface area contributed by atoms with Crippen LogP contribution in [0.5, 0.6) is 5.75 Å². The summed E-state index contributed by atoms with van der Waals surface area (Å²) in [6.45, 7) is 23.6. The fraction of sp³-hybridized carbons (Fsp3) is 0.656. The third-order valence-corrected chi connectivity index (χ3v) is 22.3. The molecule has 0 aliphatic rings. The first-order valence-corrected chi connectivity index (χ1v) is 46.2. The molecule has 33 N–H and O–H groups in total. The molecule has 0 heterocycles. The lowest BCUT2D eigenvalue weighted by atomic mass is 9.95. The summed E-state index contributed by atoms with van der Waals surface area (Å²) in [5, 5.41) is 100. The molecule has 0 saturated heterocycles. The number of hydrogen-bond acceptors (Lipinski definition) is 24. The Bertz CT molecular complexity index is 4220. The summed E-state index contributed by atoms with van der Waals surface area (Å²) in [6, 6.07) is -9.15. The van der Waals surface area contributed by atoms with E-state index >= 15 is 0 Å². The third-order valence-electron chi connectivity index (χ3n) is 22.3. The zero-order valence-electron chi connectivity index (χ0n) is 80.4. The van der Waals surface area contributed by atoms with Crippen LogP contribution in [-0.2, 0) is 94.3 Å². The topological polar surface area (TPSA) is 753 Å². The number of guanidine groups is 2. The number of aliphatic hydroxyl groups is 1. The zero-order valence-corrected chi connectivity index (χ0v) is 80.4. The maximum atomic E-state index is 14.9. The lowest BCUT2D eigenvalue weighted by molar-refractivity contribution is -0.142. The van der Waals surface area contributed by atoms with Gasteiger partial charge in [-0.2, -0.15) is 0 Å². The molecule has 0 bridgehead atoms. The number of benzene rings is 2. The molecule has 45 heteroatoms. The van der Waals surface area contributed by atoms with Gasteiger partial charge in [-0.1, -0.05) is 146 Å². The summed E-state index contributed by atoms with van der Waals surface area (Å²) < 4.78 is 0. The number of hydrogen-bond donors (Lipinski definition) is 28. The monoisotopic (exact) mass is 1910 g/mol. The van der Waals surface area contributed by atoms with E-state index in [9.17, 15) is 102 Å². The SMILES string of the molecule is CC[C@H](C)[C@H](NC(=O)[C@@H](NC(=O)[C@H](Cc1ccc(O)cc1)NC(=O)[C@H](CCC(=O)O)NC(=O)[C@H](CC(C)C)NC(=O)[C@@H](NC(=O)[C@H](CCCCN)NC(=O)[C@@H](N)C(C)C)C(C)C)C(C)C)C(=O)N[C@@H](CCCCN)C(=O)N[C@H](C(=O)N[C@@H](CO)C(=O)N[C@@H](C)C(=O)N[C@@H](CCCNC(=N)N)C(=O)N[C@H](C(=O)N[C@@H](CCCNC(=N)N)C(=O)N[C@@H](Cc1ccccc1)C(=O)O)C(C)C)C(C)C. The summed E-state index contributed by atoms with van der Waals surface area (Å²) >= 11 is 0. The van der Waals surface area contributed by atoms with Gasteiger partial charge in [-0.05, 0) is 162 Å². The van der Waals surface area contributed by atoms with E-state index in [1.165, 1.54) is 45.0 Å². The van der Waals surface area contributed by atoms with Gasteiger partial charge < -0.3 is 139 Å². The summed E-state index contributed by atoms with van der Waals surface area (Å²) in [5.74, 6) is -21.5. The number of aliphatic carboxylic acids is 2. The Morgan fingerprint density at radius 2 is 0.667 bits per heavy atom. The second-order valence-electron chi connectivity index (χ2n) is 36.0. The molecule has 17 atom stereocenters. The van der Waals surface area contributed by atoms with Crippen molar-refractivity contribution in [3.63, 3.8) is 0 Å². The van der Waals surface area contributed by atoms with E-state index in [1.807, 2.05) is 0 Å². The smallest absolute Gasteiger partial charge is 0.326 e. The van der Waals surface area contributed by atoms with E-state index in [2.05, 4.69) is 90.4 Å². The summed E-state index contributed by atoms with van der Waals surface area (Å²) in [6.07, 6.45) is 0.0244. The summed E-state index contributed by atoms with van der Waals surface area (Å²) in [4.78, 5) is 240. The number of phenols is 1. The van der Waals surface area contributed by atoms with E-state index in [1.54, 1.807) is 113 Å². The van der Waals surface area contributed by atoms with Gasteiger partial charge in [0.25, 0.3) is 0 Å². The lowest BCUT2D eigenvalue weighted by Gasteiger charge is -2.31. The van der Waals surface area contributed by atoms with E-state index in [4.69, 9.17) is 39.5 Å². The standard InChI is InChI=1S/C90H152N24O21/c1-16-52(14)72(114-86(132)71(51(12)13)113-80(126)63(43-55-32-34-56(116)35-33-55)106-75(121)61(36-37-66(117)118)102-79(125)62(42-46(2)3)107-84(130)69(49(8)9)111-76(122)57(28-20-22-38-91)103-82(128)67(93)47(4)5)87(133)105-58(29-21-23-39-92)77(123)112-70(50(10)11)85(131)109-65(45-115)81(127)100-53(15)73(119)101-60(31-25-41-99-90(96)97)78(124)110-68(48(6)7)83(129)104-59(30-24-40-98-89(94)95)74(120)108-64(88(134)135)44-54-26-18-17-19-27-54/h17-19,26-27,32-35,46-53,57-65,67-72,115-116H,16,20-25,28-31,36-45,91-93H2,1-15H3,(H,100,127)(H,101,119)(H,102,125)(H,103,128)(H,104,129)(H,105,133)(H,106,121)(H,107,130)(H,108,120)(H,109,131)(H,110,124)(H,111,122)(H,112,123)(H,113,126)(H,114,132)(H,117,118)(H,134,135)(H4,94,95,98)(H4,96,97,99)/t52-,53-,57-,58-,59-,60-,61-,62-,63-,64-,65-,67-,68-,69-,70-,71-,72-/m0/s1. The Labute approximate surface area is 789 Å². The number of rotatable bonds is 64. The second kappa shape index (κ2) is 61.5. The van der Waals surface area contributed by atoms with E-state index in [0.29, 0.717) is 36.9 Å². The minimum absolute atomic E-state index is 0.0230. The van der Waals surface area contributed by atoms with Crippen molar-refractivity contribution in [1.29, 1.82) is 10.8 Å². The average molecular weight is 1910 g/mol. The van der Waals surface area contributed by atoms with Crippen LogP contribution in [0.2, 0.25) is 0 Å². The highest BCUT2D eigenvalue weighted by atomic mass is 16.4. The predicted octanol–water partition coefficient (Wildman–Crippen LogP) is -3.10. The Kier molecular flexibility index (Phi) is 54.1. The molecule has 0 aliphatic carbocycles. The van der Waals surface area contributed by atoms with E-state index in [0.717, 1.165) is 0 Å². The number of aliphatic hydroxyl groups excluding tert-OH is 1. The largest absolute Gasteiger partial charge is 0.508 e. The first-order chi connectivity index (χ1) is 63.4. The number of nitrogens with one attached hydrogen (secondary N) is 19. The molecule has 0 radical (unpaired) electrons. The normalized spacial score (nSPS) is 15.1. The fourth-order valence-electron chi connectivity index (χ4n) is 13.9. The minimum atomic E-state index is -1.81. The van der Waals surface area contributed by atoms with Crippen LogP contribution < -0.4 is 119 Å². The molecule has 758 valence electrons. The number of aromatic hydroxyl groups is 1. The van der Waals surface area contributed by atoms with Gasteiger partial charge in [0.15, 0.2) is 11.9 Å². The average Bonchev–Trinajstić information content (AvgIpc) is 0.845. The first kappa shape index (κ1) is 119. The number of carbonyl (C=O) groups is 17. The fourth-order valence-corrected chi connectivity index (χ4v) is 13.9. The van der Waals surface area contributed by atoms with Crippen molar-refractivity contribution in [3.05, 3.63) is 65.7 Å². The number of carboxylic acids is 2. The maximum absolute atomic E-state index is 14.9. The number of phenolic OH excluding ortho intramolecular Hbond substituents is 1. The van der Waals surface area contributed by atoms with Crippen LogP contribution in [0.1, 0.15) is 205 Å². The van der Waals surface area contributed by atoms with Gasteiger partial charge in [-0.3, -0.25) is 87.5 Å². The molecule has 0 spiro atoms. The number of carbonyl (C=O) groups excluding carboxylic acids is 15. The van der Waals surface area contributed by atoms with E-state index in [-0.39, 0.29) is 114 Å². The zero-order chi connectivity index (χ0) is 102. The molecule has 135 heavy (non-hydrogen) atoms. The molecule has 0 aliphatic heterocycles. The minimum Gasteiger partial charge on any atom is -0.508 e. The van der Waals surface area contributed by atoms with Crippen molar-refractivity contribution >= 4 is 112 Å². The van der Waals surface area contributed by atoms with Crippen LogP contribution in [0.25, 0.3) is 0 Å². The Balaban J connectivity index is 2.51. The highest BCUT2D eigenvalue weighted by Crippen LogP contribution is 2.19. The molecule has 0 unspecified atom stereocenters. The molecular weight excluding hydrogens is 1750 g/mol. The number of unbranched alkanes of at least 4 members (excludes halogenated alkanes) is 2. The van der Waals surface area contributed by atoms with Crippen molar-refractivity contribution in [2.45, 2.75) is 303 Å². The van der Waals surface area contributed by atoms with Crippen LogP contribution in [0, 0.1) is 52.2 Å². The molecule has 2 aromatic rings. The second-order valence-corrected chi connectivity index (χ2v) is 36.0. The Hall–Kier alpha value is -12.4. The van der Waals surface area contributed by atoms with Crippen molar-refractivity contribution in [2.24, 2.45) is 70.1 Å². The van der Waals surface area contributed by atoms with Gasteiger partial charge in [0, 0.05) is 32.4 Å². The summed E-state index contributed by atoms with van der Waals surface area (Å²) in [7, 11) is 0. The van der Waals surface area contributed by atoms with Crippen LogP contribution in [0.3, 0.4) is 0 Å². The highest BCUT2D eigenvalue weighted by Gasteiger charge is 2.41.